The van der Waals surface area contributed by atoms with Crippen LogP contribution in [0.15, 0.2) is 40.1 Å². The third-order valence-electron chi connectivity index (χ3n) is 4.44. The van der Waals surface area contributed by atoms with E-state index >= 15 is 0 Å². The first-order valence-corrected chi connectivity index (χ1v) is 8.43. The van der Waals surface area contributed by atoms with Gasteiger partial charge in [-0.3, -0.25) is 14.3 Å². The molecule has 2 heterocycles. The molecule has 1 saturated heterocycles. The number of nitrogens with zero attached hydrogens (tertiary/aromatic N) is 1. The van der Waals surface area contributed by atoms with E-state index in [2.05, 4.69) is 4.98 Å². The number of aryl methyl sites for hydroxylation is 1. The number of aromatic nitrogens is 2. The van der Waals surface area contributed by atoms with Gasteiger partial charge in [-0.2, -0.15) is 0 Å². The second kappa shape index (κ2) is 7.77. The summed E-state index contributed by atoms with van der Waals surface area (Å²) >= 11 is 0. The van der Waals surface area contributed by atoms with E-state index in [4.69, 9.17) is 19.9 Å². The van der Waals surface area contributed by atoms with Crippen LogP contribution >= 0.6 is 0 Å². The highest BCUT2D eigenvalue weighted by molar-refractivity contribution is 5.89. The average Bonchev–Trinajstić information content (AvgIpc) is 3.03. The van der Waals surface area contributed by atoms with Gasteiger partial charge in [0.2, 0.25) is 0 Å². The maximum atomic E-state index is 12.1. The molecule has 3 rings (SSSR count). The zero-order chi connectivity index (χ0) is 19.6. The lowest BCUT2D eigenvalue weighted by Crippen LogP contribution is -2.34. The molecule has 0 aliphatic carbocycles. The Morgan fingerprint density at radius 1 is 1.33 bits per heavy atom. The van der Waals surface area contributed by atoms with Gasteiger partial charge in [-0.05, 0) is 31.2 Å². The fraction of sp³-hybridized carbons (Fsp3) is 0.389. The van der Waals surface area contributed by atoms with Crippen molar-refractivity contribution in [2.75, 3.05) is 13.7 Å². The normalized spacial score (nSPS) is 21.8. The number of hydrogen-bond donors (Lipinski definition) is 2. The quantitative estimate of drug-likeness (QED) is 0.721. The first-order valence-electron chi connectivity index (χ1n) is 8.43. The van der Waals surface area contributed by atoms with Crippen LogP contribution in [0.2, 0.25) is 0 Å². The van der Waals surface area contributed by atoms with Crippen LogP contribution in [-0.2, 0) is 9.47 Å². The Kier molecular flexibility index (Phi) is 5.43. The van der Waals surface area contributed by atoms with E-state index in [1.165, 1.54) is 17.9 Å². The summed E-state index contributed by atoms with van der Waals surface area (Å²) in [4.78, 5) is 37.8. The first kappa shape index (κ1) is 18.9. The molecule has 3 N–H and O–H groups in total. The predicted octanol–water partition coefficient (Wildman–Crippen LogP) is 0.325. The zero-order valence-corrected chi connectivity index (χ0v) is 15.0. The van der Waals surface area contributed by atoms with E-state index in [1.54, 1.807) is 31.2 Å². The summed E-state index contributed by atoms with van der Waals surface area (Å²) in [6, 6.07) is 6.10. The van der Waals surface area contributed by atoms with E-state index in [0.29, 0.717) is 23.3 Å². The second-order valence-electron chi connectivity index (χ2n) is 6.33. The number of esters is 1. The molecule has 1 aliphatic rings. The number of nitrogens with two attached hydrogens (primary N) is 1. The lowest BCUT2D eigenvalue weighted by molar-refractivity contribution is -0.0363. The van der Waals surface area contributed by atoms with Crippen LogP contribution in [-0.4, -0.2) is 41.4 Å². The first-order chi connectivity index (χ1) is 12.9. The SMILES string of the molecule is COc1ccc(C(=O)OC[C@H]2O[C@@H](n3cc(C)c(=O)[nH]c3=O)C[C@@H]2N)cc1. The van der Waals surface area contributed by atoms with Crippen molar-refractivity contribution in [3.63, 3.8) is 0 Å². The summed E-state index contributed by atoms with van der Waals surface area (Å²) in [6.07, 6.45) is 0.601. The predicted molar refractivity (Wildman–Crippen MR) is 95.8 cm³/mol. The number of hydrogen-bond acceptors (Lipinski definition) is 7. The molecule has 0 bridgehead atoms. The van der Waals surface area contributed by atoms with Crippen molar-refractivity contribution in [1.82, 2.24) is 9.55 Å². The third-order valence-corrected chi connectivity index (χ3v) is 4.44. The van der Waals surface area contributed by atoms with Gasteiger partial charge < -0.3 is 19.9 Å². The Bertz CT molecular complexity index is 933. The van der Waals surface area contributed by atoms with Crippen molar-refractivity contribution in [1.29, 1.82) is 0 Å². The largest absolute Gasteiger partial charge is 0.497 e. The van der Waals surface area contributed by atoms with E-state index < -0.39 is 35.6 Å². The van der Waals surface area contributed by atoms with Gasteiger partial charge in [0.1, 0.15) is 24.7 Å². The number of nitrogens with one attached hydrogen (secondary N) is 1. The number of ether oxygens (including phenoxy) is 3. The number of carbonyl (C=O) groups excluding carboxylic acids is 1. The number of aromatic amines is 1. The van der Waals surface area contributed by atoms with Gasteiger partial charge in [0.15, 0.2) is 0 Å². The van der Waals surface area contributed by atoms with Gasteiger partial charge in [-0.1, -0.05) is 0 Å². The molecule has 144 valence electrons. The van der Waals surface area contributed by atoms with Crippen LogP contribution in [0.3, 0.4) is 0 Å². The number of rotatable bonds is 5. The van der Waals surface area contributed by atoms with Gasteiger partial charge in [-0.15, -0.1) is 0 Å². The molecule has 1 fully saturated rings. The van der Waals surface area contributed by atoms with Crippen LogP contribution in [0.25, 0.3) is 0 Å². The highest BCUT2D eigenvalue weighted by Gasteiger charge is 2.35. The van der Waals surface area contributed by atoms with E-state index in [-0.39, 0.29) is 6.61 Å². The lowest BCUT2D eigenvalue weighted by atomic mass is 10.1. The monoisotopic (exact) mass is 375 g/mol. The van der Waals surface area contributed by atoms with Crippen molar-refractivity contribution < 1.29 is 19.0 Å². The van der Waals surface area contributed by atoms with Crippen molar-refractivity contribution in [3.05, 3.63) is 62.4 Å². The Balaban J connectivity index is 1.63. The minimum atomic E-state index is -0.632. The highest BCUT2D eigenvalue weighted by atomic mass is 16.6. The molecule has 27 heavy (non-hydrogen) atoms. The van der Waals surface area contributed by atoms with Crippen LogP contribution in [0.5, 0.6) is 5.75 Å². The molecular formula is C18H21N3O6. The lowest BCUT2D eigenvalue weighted by Gasteiger charge is -2.16. The Morgan fingerprint density at radius 2 is 2.04 bits per heavy atom. The highest BCUT2D eigenvalue weighted by Crippen LogP contribution is 2.26. The number of carbonyl (C=O) groups is 1. The maximum absolute atomic E-state index is 12.1. The Labute approximate surface area is 154 Å². The summed E-state index contributed by atoms with van der Waals surface area (Å²) in [7, 11) is 1.54. The molecule has 3 atom stereocenters. The minimum Gasteiger partial charge on any atom is -0.497 e. The number of methoxy groups -OCH3 is 1. The molecule has 0 unspecified atom stereocenters. The fourth-order valence-corrected chi connectivity index (χ4v) is 2.85. The zero-order valence-electron chi connectivity index (χ0n) is 15.0. The molecule has 2 aromatic rings. The molecule has 9 heteroatoms. The van der Waals surface area contributed by atoms with Gasteiger partial charge in [0.25, 0.3) is 5.56 Å². The Hall–Kier alpha value is -2.91. The van der Waals surface area contributed by atoms with Gasteiger partial charge in [-0.25, -0.2) is 9.59 Å². The third kappa shape index (κ3) is 4.09. The summed E-state index contributed by atoms with van der Waals surface area (Å²) < 4.78 is 17.4. The van der Waals surface area contributed by atoms with Gasteiger partial charge in [0.05, 0.1) is 12.7 Å². The standard InChI is InChI=1S/C18H21N3O6/c1-10-8-21(18(24)20-16(10)22)15-7-13(19)14(27-15)9-26-17(23)11-3-5-12(25-2)6-4-11/h3-6,8,13-15H,7,9,19H2,1-2H3,(H,20,22,24)/t13-,14+,15+/m0/s1. The fourth-order valence-electron chi connectivity index (χ4n) is 2.85. The smallest absolute Gasteiger partial charge is 0.338 e. The van der Waals surface area contributed by atoms with Crippen LogP contribution in [0.1, 0.15) is 28.6 Å². The van der Waals surface area contributed by atoms with E-state index in [1.807, 2.05) is 0 Å². The maximum Gasteiger partial charge on any atom is 0.338 e. The molecule has 1 aromatic carbocycles. The van der Waals surface area contributed by atoms with E-state index in [0.717, 1.165) is 0 Å². The number of benzene rings is 1. The second-order valence-corrected chi connectivity index (χ2v) is 6.33. The van der Waals surface area contributed by atoms with Crippen LogP contribution in [0.4, 0.5) is 0 Å². The summed E-state index contributed by atoms with van der Waals surface area (Å²) in [6.45, 7) is 1.55. The van der Waals surface area contributed by atoms with Crippen molar-refractivity contribution in [2.45, 2.75) is 31.7 Å². The Morgan fingerprint density at radius 3 is 2.70 bits per heavy atom. The molecule has 0 spiro atoms. The summed E-state index contributed by atoms with van der Waals surface area (Å²) in [5.74, 6) is 0.131. The van der Waals surface area contributed by atoms with Crippen molar-refractivity contribution in [3.8, 4) is 5.75 Å². The van der Waals surface area contributed by atoms with Gasteiger partial charge in [0, 0.05) is 24.2 Å². The topological polar surface area (TPSA) is 126 Å². The molecule has 1 aliphatic heterocycles. The molecule has 1 aromatic heterocycles. The minimum absolute atomic E-state index is 0.0420. The van der Waals surface area contributed by atoms with Crippen LogP contribution in [0, 0.1) is 6.92 Å². The van der Waals surface area contributed by atoms with Crippen molar-refractivity contribution in [2.24, 2.45) is 5.73 Å². The molecule has 9 nitrogen and oxygen atoms in total. The number of H-pyrrole nitrogens is 1. The van der Waals surface area contributed by atoms with E-state index in [9.17, 15) is 14.4 Å². The molecule has 0 saturated carbocycles. The van der Waals surface area contributed by atoms with Crippen molar-refractivity contribution >= 4 is 5.97 Å². The van der Waals surface area contributed by atoms with Gasteiger partial charge >= 0.3 is 11.7 Å². The molecule has 0 radical (unpaired) electrons. The summed E-state index contributed by atoms with van der Waals surface area (Å²) in [5, 5.41) is 0. The molecule has 0 amide bonds. The summed E-state index contributed by atoms with van der Waals surface area (Å²) in [5.41, 5.74) is 5.83. The van der Waals surface area contributed by atoms with Crippen LogP contribution < -0.4 is 21.7 Å². The average molecular weight is 375 g/mol. The molecular weight excluding hydrogens is 354 g/mol.